The molecule has 0 radical (unpaired) electrons. The van der Waals surface area contributed by atoms with Crippen LogP contribution in [0.1, 0.15) is 12.8 Å². The molecule has 0 aliphatic carbocycles. The number of benzene rings is 1. The number of aromatic nitrogens is 1. The maximum atomic E-state index is 11.7. The van der Waals surface area contributed by atoms with E-state index in [4.69, 9.17) is 5.11 Å². The van der Waals surface area contributed by atoms with Gasteiger partial charge in [-0.3, -0.25) is 4.79 Å². The minimum absolute atomic E-state index is 0.213. The summed E-state index contributed by atoms with van der Waals surface area (Å²) in [5, 5.41) is 25.0. The van der Waals surface area contributed by atoms with Crippen molar-refractivity contribution in [1.29, 1.82) is 0 Å². The summed E-state index contributed by atoms with van der Waals surface area (Å²) < 4.78 is 0. The largest absolute Gasteiger partial charge is 0.465 e. The maximum absolute atomic E-state index is 11.7. The van der Waals surface area contributed by atoms with Crippen LogP contribution >= 0.6 is 11.3 Å². The Morgan fingerprint density at radius 2 is 2.08 bits per heavy atom. The number of carboxylic acid groups (broad SMARTS) is 1. The van der Waals surface area contributed by atoms with E-state index in [9.17, 15) is 14.7 Å². The molecule has 0 unspecified atom stereocenters. The van der Waals surface area contributed by atoms with Gasteiger partial charge in [0.05, 0.1) is 11.8 Å². The third-order valence-corrected chi connectivity index (χ3v) is 4.88. The number of piperidine rings is 1. The topological polar surface area (TPSA) is 115 Å². The minimum Gasteiger partial charge on any atom is -0.465 e. The van der Waals surface area contributed by atoms with Gasteiger partial charge in [0.15, 0.2) is 5.13 Å². The number of rotatable bonds is 5. The minimum atomic E-state index is -1.25. The monoisotopic (exact) mass is 376 g/mol. The Kier molecular flexibility index (Phi) is 5.69. The summed E-state index contributed by atoms with van der Waals surface area (Å²) in [5.41, 5.74) is 2.77. The van der Waals surface area contributed by atoms with E-state index in [0.29, 0.717) is 5.13 Å². The molecule has 3 rings (SSSR count). The quantitative estimate of drug-likeness (QED) is 0.634. The second-order valence-corrected chi connectivity index (χ2v) is 6.87. The molecule has 1 aromatic carbocycles. The smallest absolute Gasteiger partial charge is 0.405 e. The molecule has 8 nitrogen and oxygen atoms in total. The molecule has 1 aliphatic rings. The molecule has 4 N–H and O–H groups in total. The molecule has 0 saturated carbocycles. The molecular weight excluding hydrogens is 356 g/mol. The zero-order valence-electron chi connectivity index (χ0n) is 14.0. The van der Waals surface area contributed by atoms with E-state index in [1.807, 2.05) is 35.0 Å². The Hall–Kier alpha value is -2.65. The molecule has 1 fully saturated rings. The van der Waals surface area contributed by atoms with E-state index in [2.05, 4.69) is 15.2 Å². The number of hydrogen-bond donors (Lipinski definition) is 4. The van der Waals surface area contributed by atoms with Crippen molar-refractivity contribution < 1.29 is 19.8 Å². The predicted molar refractivity (Wildman–Crippen MR) is 99.7 cm³/mol. The van der Waals surface area contributed by atoms with Gasteiger partial charge in [-0.05, 0) is 25.0 Å². The van der Waals surface area contributed by atoms with E-state index in [0.717, 1.165) is 42.9 Å². The van der Waals surface area contributed by atoms with Crippen LogP contribution in [0.4, 0.5) is 15.6 Å². The van der Waals surface area contributed by atoms with Gasteiger partial charge in [-0.15, -0.1) is 11.3 Å². The van der Waals surface area contributed by atoms with E-state index in [1.54, 1.807) is 0 Å². The number of thiazole rings is 1. The van der Waals surface area contributed by atoms with Crippen LogP contribution in [0.25, 0.3) is 11.3 Å². The standard InChI is InChI=1S/C17H20N4O4S/c22-13-4-6-21(7-5-13)12-3-1-2-11(8-12)14-10-26-16(19-14)20-15(23)9-18-17(24)25/h1-3,8,10,13,18,22H,4-7,9H2,(H,24,25)(H,19,20,23). The molecule has 0 bridgehead atoms. The highest BCUT2D eigenvalue weighted by Crippen LogP contribution is 2.29. The fourth-order valence-electron chi connectivity index (χ4n) is 2.77. The molecular formula is C17H20N4O4S. The Balaban J connectivity index is 1.66. The van der Waals surface area contributed by atoms with Crippen molar-refractivity contribution in [3.8, 4) is 11.3 Å². The van der Waals surface area contributed by atoms with Gasteiger partial charge in [0, 0.05) is 29.7 Å². The molecule has 0 atom stereocenters. The third-order valence-electron chi connectivity index (χ3n) is 4.12. The van der Waals surface area contributed by atoms with Crippen LogP contribution in [-0.2, 0) is 4.79 Å². The highest BCUT2D eigenvalue weighted by molar-refractivity contribution is 7.14. The van der Waals surface area contributed by atoms with Gasteiger partial charge in [-0.25, -0.2) is 9.78 Å². The van der Waals surface area contributed by atoms with Crippen molar-refractivity contribution in [3.05, 3.63) is 29.6 Å². The summed E-state index contributed by atoms with van der Waals surface area (Å²) >= 11 is 1.28. The van der Waals surface area contributed by atoms with Crippen LogP contribution in [0, 0.1) is 0 Å². The van der Waals surface area contributed by atoms with E-state index < -0.39 is 12.0 Å². The Morgan fingerprint density at radius 3 is 2.81 bits per heavy atom. The first-order valence-corrected chi connectivity index (χ1v) is 9.15. The summed E-state index contributed by atoms with van der Waals surface area (Å²) in [6, 6.07) is 8.00. The number of carbonyl (C=O) groups excluding carboxylic acids is 1. The highest BCUT2D eigenvalue weighted by Gasteiger charge is 2.18. The fourth-order valence-corrected chi connectivity index (χ4v) is 3.50. The average molecular weight is 376 g/mol. The number of carbonyl (C=O) groups is 2. The molecule has 2 aromatic rings. The SMILES string of the molecule is O=C(O)NCC(=O)Nc1nc(-c2cccc(N3CCC(O)CC3)c2)cs1. The molecule has 2 amide bonds. The number of aliphatic hydroxyl groups is 1. The molecule has 9 heteroatoms. The highest BCUT2D eigenvalue weighted by atomic mass is 32.1. The second-order valence-electron chi connectivity index (χ2n) is 6.01. The second kappa shape index (κ2) is 8.15. The lowest BCUT2D eigenvalue weighted by atomic mass is 10.1. The first kappa shape index (κ1) is 18.2. The first-order valence-electron chi connectivity index (χ1n) is 8.27. The van der Waals surface area contributed by atoms with Crippen LogP contribution < -0.4 is 15.5 Å². The van der Waals surface area contributed by atoms with Crippen LogP contribution in [0.15, 0.2) is 29.6 Å². The Labute approximate surface area is 154 Å². The van der Waals surface area contributed by atoms with Crippen LogP contribution in [0.2, 0.25) is 0 Å². The van der Waals surface area contributed by atoms with Crippen molar-refractivity contribution in [2.24, 2.45) is 0 Å². The van der Waals surface area contributed by atoms with Gasteiger partial charge >= 0.3 is 6.09 Å². The van der Waals surface area contributed by atoms with Gasteiger partial charge in [-0.2, -0.15) is 0 Å². The Bertz CT molecular complexity index is 787. The van der Waals surface area contributed by atoms with Crippen LogP contribution in [-0.4, -0.2) is 52.9 Å². The number of hydrogen-bond acceptors (Lipinski definition) is 6. The molecule has 2 heterocycles. The van der Waals surface area contributed by atoms with Gasteiger partial charge in [0.25, 0.3) is 0 Å². The van der Waals surface area contributed by atoms with Crippen LogP contribution in [0.3, 0.4) is 0 Å². The number of amides is 2. The number of nitrogens with one attached hydrogen (secondary N) is 2. The van der Waals surface area contributed by atoms with Crippen molar-refractivity contribution >= 4 is 34.2 Å². The maximum Gasteiger partial charge on any atom is 0.405 e. The zero-order chi connectivity index (χ0) is 18.5. The van der Waals surface area contributed by atoms with Gasteiger partial charge in [-0.1, -0.05) is 12.1 Å². The van der Waals surface area contributed by atoms with Crippen LogP contribution in [0.5, 0.6) is 0 Å². The zero-order valence-corrected chi connectivity index (χ0v) is 14.8. The lowest BCUT2D eigenvalue weighted by molar-refractivity contribution is -0.115. The fraction of sp³-hybridized carbons (Fsp3) is 0.353. The van der Waals surface area contributed by atoms with Gasteiger partial charge < -0.3 is 25.7 Å². The van der Waals surface area contributed by atoms with Gasteiger partial charge in [0.2, 0.25) is 5.91 Å². The first-order chi connectivity index (χ1) is 12.5. The van der Waals surface area contributed by atoms with Crippen molar-refractivity contribution in [3.63, 3.8) is 0 Å². The summed E-state index contributed by atoms with van der Waals surface area (Å²) in [6.07, 6.45) is 0.0694. The molecule has 1 aliphatic heterocycles. The molecule has 26 heavy (non-hydrogen) atoms. The van der Waals surface area contributed by atoms with Crippen molar-refractivity contribution in [1.82, 2.24) is 10.3 Å². The van der Waals surface area contributed by atoms with E-state index in [1.165, 1.54) is 11.3 Å². The molecule has 1 saturated heterocycles. The summed E-state index contributed by atoms with van der Waals surface area (Å²) in [7, 11) is 0. The number of anilines is 2. The number of nitrogens with zero attached hydrogens (tertiary/aromatic N) is 2. The van der Waals surface area contributed by atoms with E-state index >= 15 is 0 Å². The predicted octanol–water partition coefficient (Wildman–Crippen LogP) is 1.98. The molecule has 0 spiro atoms. The lowest BCUT2D eigenvalue weighted by Crippen LogP contribution is -2.35. The number of aliphatic hydroxyl groups excluding tert-OH is 1. The normalized spacial score (nSPS) is 14.9. The third kappa shape index (κ3) is 4.70. The summed E-state index contributed by atoms with van der Waals surface area (Å²) in [6.45, 7) is 1.32. The molecule has 138 valence electrons. The lowest BCUT2D eigenvalue weighted by Gasteiger charge is -2.31. The van der Waals surface area contributed by atoms with Gasteiger partial charge in [0.1, 0.15) is 6.54 Å². The van der Waals surface area contributed by atoms with Crippen molar-refractivity contribution in [2.45, 2.75) is 18.9 Å². The van der Waals surface area contributed by atoms with E-state index in [-0.39, 0.29) is 12.6 Å². The summed E-state index contributed by atoms with van der Waals surface area (Å²) in [5.74, 6) is -0.464. The summed E-state index contributed by atoms with van der Waals surface area (Å²) in [4.78, 5) is 28.7. The van der Waals surface area contributed by atoms with Crippen molar-refractivity contribution in [2.75, 3.05) is 29.9 Å². The average Bonchev–Trinajstić information content (AvgIpc) is 3.09. The molecule has 1 aromatic heterocycles. The Morgan fingerprint density at radius 1 is 1.31 bits per heavy atom.